The van der Waals surface area contributed by atoms with Crippen molar-refractivity contribution in [1.29, 1.82) is 0 Å². The topological polar surface area (TPSA) is 43.9 Å². The summed E-state index contributed by atoms with van der Waals surface area (Å²) in [5.74, 6) is 0.859. The van der Waals surface area contributed by atoms with E-state index in [1.54, 1.807) is 0 Å². The maximum absolute atomic E-state index is 5.20. The lowest BCUT2D eigenvalue weighted by Crippen LogP contribution is -2.05. The summed E-state index contributed by atoms with van der Waals surface area (Å²) in [7, 11) is 0. The molecule has 0 fully saturated rings. The van der Waals surface area contributed by atoms with Crippen LogP contribution in [0.2, 0.25) is 0 Å². The first-order valence-electron chi connectivity index (χ1n) is 5.70. The second-order valence-electron chi connectivity index (χ2n) is 3.93. The Bertz CT molecular complexity index is 470. The van der Waals surface area contributed by atoms with Gasteiger partial charge in [-0.15, -0.1) is 0 Å². The quantitative estimate of drug-likeness (QED) is 0.792. The summed E-state index contributed by atoms with van der Waals surface area (Å²) in [6, 6.07) is 4.11. The molecule has 0 atom stereocenters. The summed E-state index contributed by atoms with van der Waals surface area (Å²) in [6.45, 7) is 6.85. The maximum atomic E-state index is 5.20. The van der Waals surface area contributed by atoms with Gasteiger partial charge in [0.1, 0.15) is 6.54 Å². The highest BCUT2D eigenvalue weighted by Gasteiger charge is 2.08. The van der Waals surface area contributed by atoms with Gasteiger partial charge in [-0.3, -0.25) is 4.68 Å². The Hall–Kier alpha value is -1.58. The van der Waals surface area contributed by atoms with Gasteiger partial charge < -0.3 is 4.52 Å². The van der Waals surface area contributed by atoms with E-state index >= 15 is 0 Å². The van der Waals surface area contributed by atoms with E-state index in [1.165, 1.54) is 5.69 Å². The zero-order valence-electron chi connectivity index (χ0n) is 10.0. The van der Waals surface area contributed by atoms with Crippen LogP contribution >= 0.6 is 0 Å². The fourth-order valence-corrected chi connectivity index (χ4v) is 1.75. The molecule has 0 aliphatic carbocycles. The van der Waals surface area contributed by atoms with Crippen molar-refractivity contribution in [3.63, 3.8) is 0 Å². The summed E-state index contributed by atoms with van der Waals surface area (Å²) < 4.78 is 7.20. The van der Waals surface area contributed by atoms with Gasteiger partial charge in [0.25, 0.3) is 0 Å². The molecule has 2 aromatic heterocycles. The molecule has 0 bridgehead atoms. The van der Waals surface area contributed by atoms with Crippen LogP contribution in [0.25, 0.3) is 0 Å². The van der Waals surface area contributed by atoms with Gasteiger partial charge in [-0.25, -0.2) is 0 Å². The molecule has 0 radical (unpaired) electrons. The number of rotatable bonds is 4. The van der Waals surface area contributed by atoms with Crippen molar-refractivity contribution in [3.05, 3.63) is 35.0 Å². The normalized spacial score (nSPS) is 10.9. The van der Waals surface area contributed by atoms with E-state index in [4.69, 9.17) is 4.52 Å². The Morgan fingerprint density at radius 3 is 2.62 bits per heavy atom. The summed E-state index contributed by atoms with van der Waals surface area (Å²) >= 11 is 0. The van der Waals surface area contributed by atoms with Crippen LogP contribution in [0.4, 0.5) is 0 Å². The van der Waals surface area contributed by atoms with Crippen LogP contribution in [-0.4, -0.2) is 14.9 Å². The van der Waals surface area contributed by atoms with Crippen molar-refractivity contribution in [1.82, 2.24) is 14.9 Å². The van der Waals surface area contributed by atoms with Gasteiger partial charge in [-0.1, -0.05) is 19.0 Å². The average Bonchev–Trinajstić information content (AvgIpc) is 2.85. The molecule has 0 aliphatic heterocycles. The summed E-state index contributed by atoms with van der Waals surface area (Å²) in [5, 5.41) is 8.41. The summed E-state index contributed by atoms with van der Waals surface area (Å²) in [5.41, 5.74) is 3.29. The molecule has 2 rings (SSSR count). The Labute approximate surface area is 95.3 Å². The van der Waals surface area contributed by atoms with Crippen molar-refractivity contribution in [2.75, 3.05) is 0 Å². The molecule has 4 nitrogen and oxygen atoms in total. The predicted octanol–water partition coefficient (Wildman–Crippen LogP) is 2.35. The zero-order chi connectivity index (χ0) is 11.5. The third-order valence-electron chi connectivity index (χ3n) is 2.62. The van der Waals surface area contributed by atoms with Gasteiger partial charge in [-0.2, -0.15) is 5.10 Å². The van der Waals surface area contributed by atoms with E-state index < -0.39 is 0 Å². The Balaban J connectivity index is 2.22. The molecule has 2 heterocycles. The molecule has 0 unspecified atom stereocenters. The molecule has 0 spiro atoms. The average molecular weight is 219 g/mol. The molecule has 0 saturated carbocycles. The van der Waals surface area contributed by atoms with E-state index in [2.05, 4.69) is 30.2 Å². The molecule has 0 N–H and O–H groups in total. The van der Waals surface area contributed by atoms with E-state index in [9.17, 15) is 0 Å². The van der Waals surface area contributed by atoms with E-state index in [-0.39, 0.29) is 0 Å². The van der Waals surface area contributed by atoms with Crippen LogP contribution in [0.5, 0.6) is 0 Å². The lowest BCUT2D eigenvalue weighted by Gasteiger charge is -2.01. The lowest BCUT2D eigenvalue weighted by atomic mass is 10.2. The van der Waals surface area contributed by atoms with E-state index in [0.717, 1.165) is 30.0 Å². The van der Waals surface area contributed by atoms with Crippen LogP contribution in [-0.2, 0) is 19.4 Å². The third-order valence-corrected chi connectivity index (χ3v) is 2.62. The zero-order valence-corrected chi connectivity index (χ0v) is 10.0. The molecule has 4 heteroatoms. The first kappa shape index (κ1) is 10.9. The minimum Gasteiger partial charge on any atom is -0.359 e. The van der Waals surface area contributed by atoms with Crippen molar-refractivity contribution < 1.29 is 4.52 Å². The highest BCUT2D eigenvalue weighted by Crippen LogP contribution is 2.10. The Morgan fingerprint density at radius 2 is 2.06 bits per heavy atom. The van der Waals surface area contributed by atoms with Gasteiger partial charge in [0.2, 0.25) is 0 Å². The molecule has 0 saturated heterocycles. The molecule has 2 aromatic rings. The fraction of sp³-hybridized carbons (Fsp3) is 0.500. The van der Waals surface area contributed by atoms with Crippen LogP contribution in [0.15, 0.2) is 16.7 Å². The highest BCUT2D eigenvalue weighted by molar-refractivity contribution is 5.12. The van der Waals surface area contributed by atoms with Crippen LogP contribution in [0.3, 0.4) is 0 Å². The Kier molecular flexibility index (Phi) is 3.08. The summed E-state index contributed by atoms with van der Waals surface area (Å²) in [4.78, 5) is 0. The van der Waals surface area contributed by atoms with Crippen molar-refractivity contribution in [3.8, 4) is 0 Å². The molecule has 0 aromatic carbocycles. The van der Waals surface area contributed by atoms with E-state index in [1.807, 2.05) is 17.7 Å². The van der Waals surface area contributed by atoms with Crippen LogP contribution in [0.1, 0.15) is 36.7 Å². The minimum absolute atomic E-state index is 0.671. The fourth-order valence-electron chi connectivity index (χ4n) is 1.75. The molecular formula is C12H17N3O. The third kappa shape index (κ3) is 2.15. The van der Waals surface area contributed by atoms with Crippen molar-refractivity contribution in [2.24, 2.45) is 0 Å². The van der Waals surface area contributed by atoms with E-state index in [0.29, 0.717) is 6.54 Å². The SMILES string of the molecule is CCc1cc(CC)n(Cc2cc(C)no2)n1. The second kappa shape index (κ2) is 4.51. The number of aryl methyl sites for hydroxylation is 3. The first-order valence-corrected chi connectivity index (χ1v) is 5.70. The van der Waals surface area contributed by atoms with Gasteiger partial charge in [0.05, 0.1) is 11.4 Å². The number of nitrogens with zero attached hydrogens (tertiary/aromatic N) is 3. The number of aromatic nitrogens is 3. The number of hydrogen-bond donors (Lipinski definition) is 0. The standard InChI is InChI=1S/C12H17N3O/c1-4-10-7-11(5-2)15(13-10)8-12-6-9(3)14-16-12/h6-7H,4-5,8H2,1-3H3. The molecule has 0 aliphatic rings. The second-order valence-corrected chi connectivity index (χ2v) is 3.93. The maximum Gasteiger partial charge on any atom is 0.158 e. The van der Waals surface area contributed by atoms with Crippen LogP contribution < -0.4 is 0 Å². The van der Waals surface area contributed by atoms with Gasteiger partial charge in [-0.05, 0) is 25.8 Å². The largest absolute Gasteiger partial charge is 0.359 e. The van der Waals surface area contributed by atoms with Crippen molar-refractivity contribution >= 4 is 0 Å². The van der Waals surface area contributed by atoms with Crippen LogP contribution in [0, 0.1) is 6.92 Å². The monoisotopic (exact) mass is 219 g/mol. The number of hydrogen-bond acceptors (Lipinski definition) is 3. The molecule has 16 heavy (non-hydrogen) atoms. The molecule has 0 amide bonds. The molecular weight excluding hydrogens is 202 g/mol. The predicted molar refractivity (Wildman–Crippen MR) is 61.3 cm³/mol. The van der Waals surface area contributed by atoms with Gasteiger partial charge in [0, 0.05) is 11.8 Å². The smallest absolute Gasteiger partial charge is 0.158 e. The lowest BCUT2D eigenvalue weighted by molar-refractivity contribution is 0.366. The summed E-state index contributed by atoms with van der Waals surface area (Å²) in [6.07, 6.45) is 1.95. The highest BCUT2D eigenvalue weighted by atomic mass is 16.5. The van der Waals surface area contributed by atoms with Crippen molar-refractivity contribution in [2.45, 2.75) is 40.2 Å². The molecule has 86 valence electrons. The van der Waals surface area contributed by atoms with Gasteiger partial charge in [0.15, 0.2) is 5.76 Å². The van der Waals surface area contributed by atoms with Gasteiger partial charge >= 0.3 is 0 Å². The first-order chi connectivity index (χ1) is 7.72. The Morgan fingerprint density at radius 1 is 1.25 bits per heavy atom. The minimum atomic E-state index is 0.671.